The zero-order valence-electron chi connectivity index (χ0n) is 11.3. The van der Waals surface area contributed by atoms with Gasteiger partial charge in [-0.1, -0.05) is 0 Å². The van der Waals surface area contributed by atoms with Crippen LogP contribution in [0.4, 0.5) is 18.3 Å². The highest BCUT2D eigenvalue weighted by Crippen LogP contribution is 2.49. The summed E-state index contributed by atoms with van der Waals surface area (Å²) in [5.41, 5.74) is -1.21. The Morgan fingerprint density at radius 1 is 1.55 bits per heavy atom. The third-order valence-electron chi connectivity index (χ3n) is 3.37. The fraction of sp³-hybridized carbons (Fsp3) is 0.667. The highest BCUT2D eigenvalue weighted by molar-refractivity contribution is 7.14. The fourth-order valence-corrected chi connectivity index (χ4v) is 2.87. The van der Waals surface area contributed by atoms with Crippen molar-refractivity contribution < 1.29 is 18.0 Å². The maximum absolute atomic E-state index is 12.8. The third-order valence-corrected chi connectivity index (χ3v) is 4.28. The van der Waals surface area contributed by atoms with Crippen molar-refractivity contribution in [2.45, 2.75) is 44.9 Å². The molecule has 0 bridgehead atoms. The van der Waals surface area contributed by atoms with Gasteiger partial charge in [0.15, 0.2) is 5.13 Å². The lowest BCUT2D eigenvalue weighted by Gasteiger charge is -2.20. The van der Waals surface area contributed by atoms with E-state index >= 15 is 0 Å². The van der Waals surface area contributed by atoms with Crippen molar-refractivity contribution in [1.82, 2.24) is 10.3 Å². The van der Waals surface area contributed by atoms with Crippen LogP contribution >= 0.6 is 11.3 Å². The normalized spacial score (nSPS) is 17.1. The predicted molar refractivity (Wildman–Crippen MR) is 70.7 cm³/mol. The first kappa shape index (κ1) is 15.2. The molecule has 1 N–H and O–H groups in total. The zero-order chi connectivity index (χ0) is 15.0. The number of nitrogens with one attached hydrogen (secondary N) is 1. The molecule has 0 unspecified atom stereocenters. The Bertz CT molecular complexity index is 496. The van der Waals surface area contributed by atoms with E-state index in [1.807, 2.05) is 6.92 Å². The summed E-state index contributed by atoms with van der Waals surface area (Å²) in [4.78, 5) is 17.1. The van der Waals surface area contributed by atoms with Crippen LogP contribution in [0.25, 0.3) is 0 Å². The first-order chi connectivity index (χ1) is 9.29. The highest BCUT2D eigenvalue weighted by atomic mass is 32.1. The van der Waals surface area contributed by atoms with E-state index in [9.17, 15) is 18.0 Å². The number of aromatic nitrogens is 1. The van der Waals surface area contributed by atoms with Gasteiger partial charge >= 0.3 is 6.18 Å². The number of hydrogen-bond acceptors (Lipinski definition) is 4. The molecule has 20 heavy (non-hydrogen) atoms. The van der Waals surface area contributed by atoms with Crippen LogP contribution < -0.4 is 10.2 Å². The van der Waals surface area contributed by atoms with Gasteiger partial charge in [0.05, 0.1) is 5.69 Å². The van der Waals surface area contributed by atoms with Crippen molar-refractivity contribution >= 4 is 22.4 Å². The number of nitrogens with zero attached hydrogens (tertiary/aromatic N) is 2. The molecule has 0 atom stereocenters. The topological polar surface area (TPSA) is 45.2 Å². The van der Waals surface area contributed by atoms with E-state index in [-0.39, 0.29) is 25.3 Å². The number of rotatable bonds is 5. The lowest BCUT2D eigenvalue weighted by atomic mass is 10.2. The van der Waals surface area contributed by atoms with E-state index in [0.717, 1.165) is 0 Å². The maximum Gasteiger partial charge on any atom is 0.406 e. The molecule has 1 heterocycles. The maximum atomic E-state index is 12.8. The van der Waals surface area contributed by atoms with Crippen LogP contribution in [0.15, 0.2) is 5.38 Å². The molecule has 0 saturated heterocycles. The molecule has 0 aromatic carbocycles. The summed E-state index contributed by atoms with van der Waals surface area (Å²) < 4.78 is 38.3. The Balaban J connectivity index is 1.99. The van der Waals surface area contributed by atoms with Gasteiger partial charge < -0.3 is 0 Å². The summed E-state index contributed by atoms with van der Waals surface area (Å²) in [6.45, 7) is 3.81. The zero-order valence-corrected chi connectivity index (χ0v) is 12.1. The van der Waals surface area contributed by atoms with Crippen molar-refractivity contribution in [3.8, 4) is 0 Å². The first-order valence-corrected chi connectivity index (χ1v) is 7.21. The predicted octanol–water partition coefficient (Wildman–Crippen LogP) is 2.70. The number of hydrogen-bond donors (Lipinski definition) is 1. The Labute approximate surface area is 119 Å². The van der Waals surface area contributed by atoms with Gasteiger partial charge in [0.1, 0.15) is 5.54 Å². The molecule has 2 rings (SSSR count). The molecule has 1 amide bonds. The number of carbonyl (C=O) groups excluding carboxylic acids is 1. The molecule has 1 aliphatic carbocycles. The Hall–Kier alpha value is -1.15. The van der Waals surface area contributed by atoms with Crippen LogP contribution in [-0.2, 0) is 11.3 Å². The molecule has 1 aromatic heterocycles. The number of carbonyl (C=O) groups is 1. The molecule has 112 valence electrons. The van der Waals surface area contributed by atoms with Gasteiger partial charge in [-0.25, -0.2) is 4.98 Å². The van der Waals surface area contributed by atoms with E-state index in [2.05, 4.69) is 10.3 Å². The van der Waals surface area contributed by atoms with E-state index < -0.39 is 11.7 Å². The van der Waals surface area contributed by atoms with Crippen molar-refractivity contribution in [1.29, 1.82) is 0 Å². The average Bonchev–Trinajstić information content (AvgIpc) is 3.02. The monoisotopic (exact) mass is 307 g/mol. The van der Waals surface area contributed by atoms with Crippen LogP contribution in [0.3, 0.4) is 0 Å². The lowest BCUT2D eigenvalue weighted by molar-refractivity contribution is -0.166. The molecule has 1 saturated carbocycles. The standard InChI is InChI=1S/C12H16F3N3OS/c1-3-18(8(2)19)10-17-9(7-20-10)6-16-11(4-5-11)12(13,14)15/h7,16H,3-6H2,1-2H3. The number of thiazole rings is 1. The van der Waals surface area contributed by atoms with Gasteiger partial charge in [-0.15, -0.1) is 11.3 Å². The van der Waals surface area contributed by atoms with Crippen molar-refractivity contribution in [2.24, 2.45) is 0 Å². The third kappa shape index (κ3) is 2.95. The number of anilines is 1. The lowest BCUT2D eigenvalue weighted by Crippen LogP contribution is -2.44. The quantitative estimate of drug-likeness (QED) is 0.909. The van der Waals surface area contributed by atoms with E-state index in [0.29, 0.717) is 17.4 Å². The summed E-state index contributed by atoms with van der Waals surface area (Å²) in [6.07, 6.45) is -4.00. The summed E-state index contributed by atoms with van der Waals surface area (Å²) in [5, 5.41) is 4.74. The minimum atomic E-state index is -4.22. The molecular formula is C12H16F3N3OS. The van der Waals surface area contributed by atoms with Crippen molar-refractivity contribution in [2.75, 3.05) is 11.4 Å². The second-order valence-corrected chi connectivity index (χ2v) is 5.65. The Morgan fingerprint density at radius 3 is 2.65 bits per heavy atom. The van der Waals surface area contributed by atoms with E-state index in [4.69, 9.17) is 0 Å². The van der Waals surface area contributed by atoms with Gasteiger partial charge in [0.2, 0.25) is 5.91 Å². The van der Waals surface area contributed by atoms with Crippen LogP contribution in [0, 0.1) is 0 Å². The van der Waals surface area contributed by atoms with Gasteiger partial charge in [-0.2, -0.15) is 13.2 Å². The summed E-state index contributed by atoms with van der Waals surface area (Å²) in [7, 11) is 0. The van der Waals surface area contributed by atoms with Gasteiger partial charge in [0, 0.05) is 25.4 Å². The molecule has 1 fully saturated rings. The van der Waals surface area contributed by atoms with Crippen molar-refractivity contribution in [3.63, 3.8) is 0 Å². The number of amides is 1. The summed E-state index contributed by atoms with van der Waals surface area (Å²) >= 11 is 1.26. The average molecular weight is 307 g/mol. The molecule has 1 aliphatic rings. The molecular weight excluding hydrogens is 291 g/mol. The first-order valence-electron chi connectivity index (χ1n) is 6.33. The van der Waals surface area contributed by atoms with Crippen LogP contribution in [0.2, 0.25) is 0 Å². The smallest absolute Gasteiger partial charge is 0.298 e. The van der Waals surface area contributed by atoms with Crippen LogP contribution in [-0.4, -0.2) is 29.2 Å². The van der Waals surface area contributed by atoms with E-state index in [1.165, 1.54) is 23.2 Å². The second-order valence-electron chi connectivity index (χ2n) is 4.82. The van der Waals surface area contributed by atoms with Gasteiger partial charge in [-0.05, 0) is 19.8 Å². The van der Waals surface area contributed by atoms with Gasteiger partial charge in [-0.3, -0.25) is 15.0 Å². The second kappa shape index (κ2) is 5.33. The molecule has 1 aromatic rings. The molecule has 8 heteroatoms. The summed E-state index contributed by atoms with van der Waals surface area (Å²) in [6, 6.07) is 0. The Morgan fingerprint density at radius 2 is 2.20 bits per heavy atom. The van der Waals surface area contributed by atoms with Crippen LogP contribution in [0.1, 0.15) is 32.4 Å². The largest absolute Gasteiger partial charge is 0.406 e. The highest BCUT2D eigenvalue weighted by Gasteiger charge is 2.62. The molecule has 0 radical (unpaired) electrons. The van der Waals surface area contributed by atoms with Crippen molar-refractivity contribution in [3.05, 3.63) is 11.1 Å². The van der Waals surface area contributed by atoms with Crippen LogP contribution in [0.5, 0.6) is 0 Å². The number of alkyl halides is 3. The molecule has 4 nitrogen and oxygen atoms in total. The van der Waals surface area contributed by atoms with E-state index in [1.54, 1.807) is 5.38 Å². The molecule has 0 spiro atoms. The SMILES string of the molecule is CCN(C(C)=O)c1nc(CNC2(C(F)(F)F)CC2)cs1. The molecule has 0 aliphatic heterocycles. The Kier molecular flexibility index (Phi) is 4.06. The number of halogens is 3. The minimum Gasteiger partial charge on any atom is -0.298 e. The minimum absolute atomic E-state index is 0.0610. The van der Waals surface area contributed by atoms with Gasteiger partial charge in [0.25, 0.3) is 0 Å². The fourth-order valence-electron chi connectivity index (χ4n) is 1.94. The summed E-state index contributed by atoms with van der Waals surface area (Å²) in [5.74, 6) is -0.129.